The van der Waals surface area contributed by atoms with Gasteiger partial charge in [0.2, 0.25) is 0 Å². The number of hydrogen-bond acceptors (Lipinski definition) is 8. The molecule has 0 fully saturated rings. The number of methoxy groups -OCH3 is 1. The molecule has 2 aromatic carbocycles. The molecule has 1 unspecified atom stereocenters. The lowest BCUT2D eigenvalue weighted by Crippen LogP contribution is -2.10. The maximum Gasteiger partial charge on any atom is 0.277 e. The molecule has 0 saturated carbocycles. The Bertz CT molecular complexity index is 1270. The maximum atomic E-state index is 11.4. The number of ether oxygens (including phenoxy) is 2. The van der Waals surface area contributed by atoms with Crippen molar-refractivity contribution >= 4 is 39.7 Å². The van der Waals surface area contributed by atoms with Crippen LogP contribution in [0.1, 0.15) is 30.1 Å². The highest BCUT2D eigenvalue weighted by Gasteiger charge is 2.14. The van der Waals surface area contributed by atoms with Gasteiger partial charge in [0.05, 0.1) is 24.4 Å². The number of thiazole rings is 1. The van der Waals surface area contributed by atoms with E-state index < -0.39 is 5.91 Å². The first-order chi connectivity index (χ1) is 15.5. The number of aromatic nitrogens is 3. The number of amides is 1. The minimum absolute atomic E-state index is 0.0596. The van der Waals surface area contributed by atoms with E-state index in [0.717, 1.165) is 28.6 Å². The first-order valence-corrected chi connectivity index (χ1v) is 11.0. The van der Waals surface area contributed by atoms with Gasteiger partial charge < -0.3 is 20.5 Å². The molecule has 8 nitrogen and oxygen atoms in total. The number of nitrogens with two attached hydrogens (primary N) is 1. The molecule has 4 aromatic rings. The number of benzene rings is 2. The number of carbonyl (C=O) groups is 1. The molecule has 0 aliphatic carbocycles. The van der Waals surface area contributed by atoms with E-state index >= 15 is 0 Å². The summed E-state index contributed by atoms with van der Waals surface area (Å²) in [5.74, 6) is 1.37. The molecule has 32 heavy (non-hydrogen) atoms. The van der Waals surface area contributed by atoms with Gasteiger partial charge in [0.1, 0.15) is 12.1 Å². The predicted octanol–water partition coefficient (Wildman–Crippen LogP) is 4.78. The molecular formula is C23H23N5O3S. The third-order valence-corrected chi connectivity index (χ3v) is 5.82. The fourth-order valence-corrected chi connectivity index (χ4v) is 3.81. The highest BCUT2D eigenvalue weighted by Crippen LogP contribution is 2.36. The predicted molar refractivity (Wildman–Crippen MR) is 126 cm³/mol. The van der Waals surface area contributed by atoms with Crippen molar-refractivity contribution in [2.24, 2.45) is 5.73 Å². The zero-order valence-corrected chi connectivity index (χ0v) is 18.8. The van der Waals surface area contributed by atoms with Crippen LogP contribution < -0.4 is 20.5 Å². The highest BCUT2D eigenvalue weighted by molar-refractivity contribution is 7.12. The number of carbonyl (C=O) groups excluding carboxylic acids is 1. The summed E-state index contributed by atoms with van der Waals surface area (Å²) in [7, 11) is 1.61. The van der Waals surface area contributed by atoms with E-state index in [0.29, 0.717) is 23.0 Å². The molecule has 2 heterocycles. The minimum atomic E-state index is -0.534. The Morgan fingerprint density at radius 1 is 1.22 bits per heavy atom. The molecule has 4 rings (SSSR count). The van der Waals surface area contributed by atoms with Gasteiger partial charge in [-0.25, -0.2) is 15.0 Å². The van der Waals surface area contributed by atoms with Crippen LogP contribution in [0, 0.1) is 0 Å². The Morgan fingerprint density at radius 3 is 2.78 bits per heavy atom. The second-order valence-electron chi connectivity index (χ2n) is 7.19. The standard InChI is InChI=1S/C23H23N5O3S/c1-4-13(2)31-20-10-17-16(9-19(20)30-3)22(26-12-25-17)27-15-7-5-6-14(8-15)18-11-32-23(28-18)21(24)29/h5-13H,4H2,1-3H3,(H2,24,29)(H,25,26,27). The van der Waals surface area contributed by atoms with Crippen LogP contribution in [0.2, 0.25) is 0 Å². The monoisotopic (exact) mass is 449 g/mol. The van der Waals surface area contributed by atoms with E-state index in [1.807, 2.05) is 48.7 Å². The minimum Gasteiger partial charge on any atom is -0.493 e. The summed E-state index contributed by atoms with van der Waals surface area (Å²) in [4.78, 5) is 24.5. The summed E-state index contributed by atoms with van der Waals surface area (Å²) in [6.45, 7) is 4.08. The number of rotatable bonds is 8. The average molecular weight is 450 g/mol. The van der Waals surface area contributed by atoms with Crippen LogP contribution >= 0.6 is 11.3 Å². The van der Waals surface area contributed by atoms with Crippen LogP contribution in [0.3, 0.4) is 0 Å². The first-order valence-electron chi connectivity index (χ1n) is 10.1. The van der Waals surface area contributed by atoms with Gasteiger partial charge in [0.15, 0.2) is 16.5 Å². The molecule has 0 aliphatic rings. The molecule has 1 amide bonds. The number of fused-ring (bicyclic) bond motifs is 1. The Morgan fingerprint density at radius 2 is 2.06 bits per heavy atom. The number of anilines is 2. The summed E-state index contributed by atoms with van der Waals surface area (Å²) in [5.41, 5.74) is 8.42. The van der Waals surface area contributed by atoms with Gasteiger partial charge in [-0.05, 0) is 31.5 Å². The zero-order valence-electron chi connectivity index (χ0n) is 18.0. The lowest BCUT2D eigenvalue weighted by molar-refractivity contribution is 0.1000. The van der Waals surface area contributed by atoms with Gasteiger partial charge in [-0.2, -0.15) is 0 Å². The lowest BCUT2D eigenvalue weighted by Gasteiger charge is -2.17. The lowest BCUT2D eigenvalue weighted by atomic mass is 10.1. The van der Waals surface area contributed by atoms with Crippen molar-refractivity contribution in [3.8, 4) is 22.8 Å². The highest BCUT2D eigenvalue weighted by atomic mass is 32.1. The molecule has 1 atom stereocenters. The number of nitrogens with one attached hydrogen (secondary N) is 1. The van der Waals surface area contributed by atoms with Crippen LogP contribution in [0.5, 0.6) is 11.5 Å². The Balaban J connectivity index is 1.67. The van der Waals surface area contributed by atoms with Gasteiger partial charge >= 0.3 is 0 Å². The molecule has 0 aliphatic heterocycles. The Labute approximate surface area is 189 Å². The van der Waals surface area contributed by atoms with E-state index in [2.05, 4.69) is 27.2 Å². The Kier molecular flexibility index (Phi) is 6.18. The summed E-state index contributed by atoms with van der Waals surface area (Å²) in [6.07, 6.45) is 2.45. The summed E-state index contributed by atoms with van der Waals surface area (Å²) in [6, 6.07) is 11.4. The van der Waals surface area contributed by atoms with E-state index in [1.165, 1.54) is 17.7 Å². The normalized spacial score (nSPS) is 11.8. The molecule has 2 aromatic heterocycles. The van der Waals surface area contributed by atoms with Gasteiger partial charge in [0.25, 0.3) is 5.91 Å². The molecule has 3 N–H and O–H groups in total. The van der Waals surface area contributed by atoms with Crippen LogP contribution in [-0.4, -0.2) is 34.1 Å². The number of hydrogen-bond donors (Lipinski definition) is 2. The topological polar surface area (TPSA) is 112 Å². The molecule has 9 heteroatoms. The van der Waals surface area contributed by atoms with Crippen molar-refractivity contribution < 1.29 is 14.3 Å². The van der Waals surface area contributed by atoms with E-state index in [1.54, 1.807) is 7.11 Å². The third-order valence-electron chi connectivity index (χ3n) is 4.96. The van der Waals surface area contributed by atoms with Crippen molar-refractivity contribution in [2.75, 3.05) is 12.4 Å². The fourth-order valence-electron chi connectivity index (χ4n) is 3.13. The summed E-state index contributed by atoms with van der Waals surface area (Å²) >= 11 is 1.22. The number of primary amides is 1. The van der Waals surface area contributed by atoms with Gasteiger partial charge in [-0.1, -0.05) is 19.1 Å². The van der Waals surface area contributed by atoms with Gasteiger partial charge in [0, 0.05) is 28.1 Å². The average Bonchev–Trinajstić information content (AvgIpc) is 3.30. The molecule has 0 spiro atoms. The van der Waals surface area contributed by atoms with Crippen molar-refractivity contribution in [2.45, 2.75) is 26.4 Å². The third kappa shape index (κ3) is 4.47. The summed E-state index contributed by atoms with van der Waals surface area (Å²) < 4.78 is 11.5. The molecular weight excluding hydrogens is 426 g/mol. The second-order valence-corrected chi connectivity index (χ2v) is 8.05. The van der Waals surface area contributed by atoms with Crippen LogP contribution in [0.25, 0.3) is 22.2 Å². The SMILES string of the molecule is CCC(C)Oc1cc2ncnc(Nc3cccc(-c4csc(C(N)=O)n4)c3)c2cc1OC. The second kappa shape index (κ2) is 9.19. The van der Waals surface area contributed by atoms with Crippen molar-refractivity contribution in [3.05, 3.63) is 53.1 Å². The first kappa shape index (κ1) is 21.5. The van der Waals surface area contributed by atoms with Crippen LogP contribution in [0.4, 0.5) is 11.5 Å². The largest absolute Gasteiger partial charge is 0.493 e. The Hall–Kier alpha value is -3.72. The van der Waals surface area contributed by atoms with Crippen molar-refractivity contribution in [1.29, 1.82) is 0 Å². The van der Waals surface area contributed by atoms with Gasteiger partial charge in [-0.3, -0.25) is 4.79 Å². The molecule has 0 bridgehead atoms. The van der Waals surface area contributed by atoms with Crippen molar-refractivity contribution in [1.82, 2.24) is 15.0 Å². The maximum absolute atomic E-state index is 11.4. The summed E-state index contributed by atoms with van der Waals surface area (Å²) in [5, 5.41) is 6.24. The van der Waals surface area contributed by atoms with Gasteiger partial charge in [-0.15, -0.1) is 11.3 Å². The molecule has 0 radical (unpaired) electrons. The van der Waals surface area contributed by atoms with Crippen molar-refractivity contribution in [3.63, 3.8) is 0 Å². The van der Waals surface area contributed by atoms with E-state index in [4.69, 9.17) is 15.2 Å². The van der Waals surface area contributed by atoms with E-state index in [9.17, 15) is 4.79 Å². The fraction of sp³-hybridized carbons (Fsp3) is 0.217. The molecule has 164 valence electrons. The quantitative estimate of drug-likeness (QED) is 0.398. The van der Waals surface area contributed by atoms with Crippen LogP contribution in [-0.2, 0) is 0 Å². The van der Waals surface area contributed by atoms with E-state index in [-0.39, 0.29) is 11.1 Å². The molecule has 0 saturated heterocycles. The van der Waals surface area contributed by atoms with Crippen LogP contribution in [0.15, 0.2) is 48.1 Å². The smallest absolute Gasteiger partial charge is 0.277 e. The zero-order chi connectivity index (χ0) is 22.7. The number of nitrogens with zero attached hydrogens (tertiary/aromatic N) is 3.